The van der Waals surface area contributed by atoms with Gasteiger partial charge in [0.2, 0.25) is 12.2 Å². The zero-order valence-corrected chi connectivity index (χ0v) is 21.5. The van der Waals surface area contributed by atoms with Crippen LogP contribution in [0.1, 0.15) is 91.9 Å². The maximum Gasteiger partial charge on any atom is 0.303 e. The van der Waals surface area contributed by atoms with Gasteiger partial charge in [-0.1, -0.05) is 64.4 Å². The Kier molecular flexibility index (Phi) is 12.8. The van der Waals surface area contributed by atoms with Gasteiger partial charge in [0.25, 0.3) is 0 Å². The Morgan fingerprint density at radius 1 is 0.857 bits per heavy atom. The molecule has 5 atom stereocenters. The summed E-state index contributed by atoms with van der Waals surface area (Å²) in [7, 11) is 0. The Hall–Kier alpha value is -2.42. The van der Waals surface area contributed by atoms with Gasteiger partial charge in [-0.3, -0.25) is 14.4 Å². The molecule has 0 aromatic rings. The molecule has 0 spiro atoms. The van der Waals surface area contributed by atoms with Crippen LogP contribution in [0, 0.1) is 0 Å². The SMILES string of the molecule is CCCCCCCCCCC/C=C\C1=N[C@H]2C(O1)O[C@H](COC(C)=O)[C@@H](OC(C)=O)[C@@H]2OC(C)=O. The van der Waals surface area contributed by atoms with Gasteiger partial charge in [-0.15, -0.1) is 0 Å². The third-order valence-corrected chi connectivity index (χ3v) is 5.92. The second-order valence-corrected chi connectivity index (χ2v) is 9.09. The van der Waals surface area contributed by atoms with Crippen molar-refractivity contribution in [3.05, 3.63) is 12.2 Å². The lowest BCUT2D eigenvalue weighted by Crippen LogP contribution is -2.60. The lowest BCUT2D eigenvalue weighted by atomic mass is 9.97. The fourth-order valence-corrected chi connectivity index (χ4v) is 4.26. The summed E-state index contributed by atoms with van der Waals surface area (Å²) in [5.41, 5.74) is 0. The first kappa shape index (κ1) is 28.8. The highest BCUT2D eigenvalue weighted by Gasteiger charge is 2.53. The van der Waals surface area contributed by atoms with E-state index >= 15 is 0 Å². The van der Waals surface area contributed by atoms with Crippen molar-refractivity contribution in [2.45, 2.75) is 123 Å². The number of esters is 3. The van der Waals surface area contributed by atoms with Crippen molar-refractivity contribution in [3.63, 3.8) is 0 Å². The average Bonchev–Trinajstić information content (AvgIpc) is 3.20. The minimum absolute atomic E-state index is 0.179. The van der Waals surface area contributed by atoms with Crippen LogP contribution in [0.4, 0.5) is 0 Å². The van der Waals surface area contributed by atoms with E-state index in [9.17, 15) is 14.4 Å². The van der Waals surface area contributed by atoms with Gasteiger partial charge in [0.1, 0.15) is 12.7 Å². The standard InChI is InChI=1S/C26H41NO8/c1-5-6-7-8-9-10-11-12-13-14-15-16-22-27-23-25(33-20(4)30)24(32-19(3)29)21(17-31-18(2)28)34-26(23)35-22/h15-16,21,23-26H,5-14,17H2,1-4H3/b16-15-/t21-,23-,24-,25-,26?/m1/s1. The van der Waals surface area contributed by atoms with E-state index < -0.39 is 48.6 Å². The van der Waals surface area contributed by atoms with Crippen LogP contribution >= 0.6 is 0 Å². The van der Waals surface area contributed by atoms with Crippen LogP contribution in [0.15, 0.2) is 17.1 Å². The molecule has 2 aliphatic rings. The largest absolute Gasteiger partial charge is 0.463 e. The summed E-state index contributed by atoms with van der Waals surface area (Å²) in [6.45, 7) is 5.83. The minimum atomic E-state index is -0.991. The Labute approximate surface area is 208 Å². The number of hydrogen-bond acceptors (Lipinski definition) is 9. The first-order valence-electron chi connectivity index (χ1n) is 12.9. The van der Waals surface area contributed by atoms with E-state index in [0.717, 1.165) is 12.8 Å². The number of carbonyl (C=O) groups excluding carboxylic acids is 3. The molecule has 1 saturated heterocycles. The number of unbranched alkanes of at least 4 members (excludes halogenated alkanes) is 9. The van der Waals surface area contributed by atoms with Crippen LogP contribution in [0.5, 0.6) is 0 Å². The molecule has 0 bridgehead atoms. The first-order chi connectivity index (χ1) is 16.8. The molecular weight excluding hydrogens is 454 g/mol. The molecule has 2 aliphatic heterocycles. The number of fused-ring (bicyclic) bond motifs is 1. The molecular formula is C26H41NO8. The Morgan fingerprint density at radius 3 is 2.06 bits per heavy atom. The van der Waals surface area contributed by atoms with Crippen molar-refractivity contribution in [3.8, 4) is 0 Å². The third kappa shape index (κ3) is 10.4. The number of hydrogen-bond donors (Lipinski definition) is 0. The molecule has 0 amide bonds. The van der Waals surface area contributed by atoms with Gasteiger partial charge in [-0.05, 0) is 18.9 Å². The monoisotopic (exact) mass is 495 g/mol. The maximum absolute atomic E-state index is 11.8. The zero-order valence-electron chi connectivity index (χ0n) is 21.5. The quantitative estimate of drug-likeness (QED) is 0.187. The van der Waals surface area contributed by atoms with Crippen LogP contribution in [-0.2, 0) is 38.1 Å². The summed E-state index contributed by atoms with van der Waals surface area (Å²) in [5.74, 6) is -1.28. The number of rotatable bonds is 15. The molecule has 1 unspecified atom stereocenters. The molecule has 0 aromatic heterocycles. The van der Waals surface area contributed by atoms with Gasteiger partial charge in [0.15, 0.2) is 18.2 Å². The molecule has 9 heteroatoms. The van der Waals surface area contributed by atoms with Crippen LogP contribution in [0.2, 0.25) is 0 Å². The van der Waals surface area contributed by atoms with E-state index in [4.69, 9.17) is 23.7 Å². The molecule has 0 aromatic carbocycles. The third-order valence-electron chi connectivity index (χ3n) is 5.92. The summed E-state index contributed by atoms with van der Waals surface area (Å²) in [4.78, 5) is 39.3. The van der Waals surface area contributed by atoms with Gasteiger partial charge in [-0.2, -0.15) is 0 Å². The van der Waals surface area contributed by atoms with Crippen LogP contribution in [0.3, 0.4) is 0 Å². The fraction of sp³-hybridized carbons (Fsp3) is 0.769. The summed E-state index contributed by atoms with van der Waals surface area (Å²) >= 11 is 0. The van der Waals surface area contributed by atoms with Crippen molar-refractivity contribution < 1.29 is 38.1 Å². The summed E-state index contributed by atoms with van der Waals surface area (Å²) in [5, 5.41) is 0. The second kappa shape index (κ2) is 15.5. The first-order valence-corrected chi connectivity index (χ1v) is 12.9. The van der Waals surface area contributed by atoms with E-state index in [-0.39, 0.29) is 6.61 Å². The number of aliphatic imine (C=N–C) groups is 1. The Morgan fingerprint density at radius 2 is 1.46 bits per heavy atom. The smallest absolute Gasteiger partial charge is 0.303 e. The number of carbonyl (C=O) groups is 3. The fourth-order valence-electron chi connectivity index (χ4n) is 4.26. The summed E-state index contributed by atoms with van der Waals surface area (Å²) in [6, 6.07) is -0.704. The van der Waals surface area contributed by atoms with Gasteiger partial charge in [0, 0.05) is 20.8 Å². The van der Waals surface area contributed by atoms with E-state index in [1.165, 1.54) is 72.1 Å². The number of nitrogens with zero attached hydrogens (tertiary/aromatic N) is 1. The van der Waals surface area contributed by atoms with Crippen LogP contribution in [0.25, 0.3) is 0 Å². The Bertz CT molecular complexity index is 750. The van der Waals surface area contributed by atoms with Crippen molar-refractivity contribution in [2.75, 3.05) is 6.61 Å². The van der Waals surface area contributed by atoms with E-state index in [1.807, 2.05) is 6.08 Å². The van der Waals surface area contributed by atoms with Gasteiger partial charge >= 0.3 is 17.9 Å². The van der Waals surface area contributed by atoms with Crippen molar-refractivity contribution in [1.29, 1.82) is 0 Å². The predicted octanol–water partition coefficient (Wildman–Crippen LogP) is 4.41. The van der Waals surface area contributed by atoms with E-state index in [2.05, 4.69) is 11.9 Å². The molecule has 35 heavy (non-hydrogen) atoms. The molecule has 0 N–H and O–H groups in total. The normalized spacial score (nSPS) is 25.5. The zero-order chi connectivity index (χ0) is 25.6. The van der Waals surface area contributed by atoms with Crippen molar-refractivity contribution in [1.82, 2.24) is 0 Å². The second-order valence-electron chi connectivity index (χ2n) is 9.09. The topological polar surface area (TPSA) is 110 Å². The molecule has 1 fully saturated rings. The van der Waals surface area contributed by atoms with Crippen LogP contribution < -0.4 is 0 Å². The van der Waals surface area contributed by atoms with Crippen LogP contribution in [-0.4, -0.2) is 61.1 Å². The van der Waals surface area contributed by atoms with Crippen molar-refractivity contribution in [2.24, 2.45) is 4.99 Å². The van der Waals surface area contributed by atoms with E-state index in [0.29, 0.717) is 5.90 Å². The molecule has 0 aliphatic carbocycles. The summed E-state index contributed by atoms with van der Waals surface area (Å²) in [6.07, 6.45) is 12.5. The molecule has 9 nitrogen and oxygen atoms in total. The lowest BCUT2D eigenvalue weighted by Gasteiger charge is -2.40. The highest BCUT2D eigenvalue weighted by Crippen LogP contribution is 2.33. The minimum Gasteiger partial charge on any atom is -0.463 e. The van der Waals surface area contributed by atoms with Gasteiger partial charge in [0.05, 0.1) is 0 Å². The van der Waals surface area contributed by atoms with E-state index in [1.54, 1.807) is 6.08 Å². The van der Waals surface area contributed by atoms with Crippen molar-refractivity contribution >= 4 is 23.8 Å². The molecule has 2 rings (SSSR count). The molecule has 0 radical (unpaired) electrons. The highest BCUT2D eigenvalue weighted by atomic mass is 16.7. The van der Waals surface area contributed by atoms with Gasteiger partial charge < -0.3 is 23.7 Å². The molecule has 0 saturated carbocycles. The summed E-state index contributed by atoms with van der Waals surface area (Å²) < 4.78 is 27.7. The molecule has 198 valence electrons. The number of ether oxygens (including phenoxy) is 5. The average molecular weight is 496 g/mol. The lowest BCUT2D eigenvalue weighted by molar-refractivity contribution is -0.249. The highest BCUT2D eigenvalue weighted by molar-refractivity contribution is 5.89. The molecule has 2 heterocycles. The predicted molar refractivity (Wildman–Crippen MR) is 130 cm³/mol. The Balaban J connectivity index is 1.90. The maximum atomic E-state index is 11.8. The van der Waals surface area contributed by atoms with Gasteiger partial charge in [-0.25, -0.2) is 4.99 Å². The number of allylic oxidation sites excluding steroid dienone is 1.